The van der Waals surface area contributed by atoms with Crippen molar-refractivity contribution in [2.24, 2.45) is 0 Å². The predicted molar refractivity (Wildman–Crippen MR) is 56.9 cm³/mol. The predicted octanol–water partition coefficient (Wildman–Crippen LogP) is 3.90. The van der Waals surface area contributed by atoms with Gasteiger partial charge < -0.3 is 4.84 Å². The number of benzene rings is 1. The number of halogens is 6. The highest BCUT2D eigenvalue weighted by Crippen LogP contribution is 2.40. The molecular formula is C11H7ClF5NO. The molecule has 0 saturated heterocycles. The van der Waals surface area contributed by atoms with Gasteiger partial charge in [-0.25, -0.2) is 8.78 Å². The summed E-state index contributed by atoms with van der Waals surface area (Å²) < 4.78 is 64.2. The molecule has 2 rings (SSSR count). The third-order valence-corrected chi connectivity index (χ3v) is 2.75. The largest absolute Gasteiger partial charge is 0.411 e. The van der Waals surface area contributed by atoms with Crippen molar-refractivity contribution in [2.75, 3.05) is 6.54 Å². The topological polar surface area (TPSA) is 12.5 Å². The van der Waals surface area contributed by atoms with Gasteiger partial charge in [0.15, 0.2) is 0 Å². The Bertz CT molecular complexity index is 496. The van der Waals surface area contributed by atoms with Crippen molar-refractivity contribution in [1.29, 1.82) is 0 Å². The first kappa shape index (κ1) is 14.1. The van der Waals surface area contributed by atoms with Crippen molar-refractivity contribution in [3.63, 3.8) is 0 Å². The van der Waals surface area contributed by atoms with Crippen molar-refractivity contribution in [3.05, 3.63) is 46.7 Å². The Kier molecular flexibility index (Phi) is 3.69. The first-order valence-electron chi connectivity index (χ1n) is 5.09. The zero-order chi connectivity index (χ0) is 14.2. The highest BCUT2D eigenvalue weighted by Gasteiger charge is 2.41. The van der Waals surface area contributed by atoms with Crippen LogP contribution < -0.4 is 0 Å². The van der Waals surface area contributed by atoms with Crippen molar-refractivity contribution >= 4 is 11.6 Å². The standard InChI is InChI=1S/C11H7ClF5NO/c12-6-4-19-18(5-11(15,16)17)10(6)9-7(13)2-1-3-8(9)14/h1-4,10H,5H2. The fourth-order valence-corrected chi connectivity index (χ4v) is 2.00. The minimum atomic E-state index is -4.59. The molecular weight excluding hydrogens is 293 g/mol. The Hall–Kier alpha value is -1.34. The maximum atomic E-state index is 13.6. The molecule has 1 aromatic carbocycles. The number of hydrogen-bond donors (Lipinski definition) is 0. The smallest absolute Gasteiger partial charge is 0.404 e. The number of hydrogen-bond acceptors (Lipinski definition) is 2. The lowest BCUT2D eigenvalue weighted by molar-refractivity contribution is -0.214. The molecule has 1 atom stereocenters. The zero-order valence-corrected chi connectivity index (χ0v) is 9.97. The summed E-state index contributed by atoms with van der Waals surface area (Å²) in [7, 11) is 0. The molecule has 19 heavy (non-hydrogen) atoms. The maximum Gasteiger partial charge on any atom is 0.404 e. The average molecular weight is 300 g/mol. The van der Waals surface area contributed by atoms with Crippen LogP contribution in [-0.2, 0) is 4.84 Å². The molecule has 1 aromatic rings. The molecule has 0 spiro atoms. The van der Waals surface area contributed by atoms with E-state index in [-0.39, 0.29) is 5.03 Å². The van der Waals surface area contributed by atoms with E-state index in [1.54, 1.807) is 0 Å². The number of nitrogens with zero attached hydrogens (tertiary/aromatic N) is 1. The Morgan fingerprint density at radius 1 is 1.21 bits per heavy atom. The first-order valence-corrected chi connectivity index (χ1v) is 5.47. The molecule has 0 amide bonds. The second-order valence-electron chi connectivity index (χ2n) is 3.84. The summed E-state index contributed by atoms with van der Waals surface area (Å²) in [6.07, 6.45) is -3.76. The summed E-state index contributed by atoms with van der Waals surface area (Å²) >= 11 is 5.67. The Morgan fingerprint density at radius 3 is 2.32 bits per heavy atom. The summed E-state index contributed by atoms with van der Waals surface area (Å²) in [5, 5.41) is 0.150. The molecule has 0 saturated carbocycles. The monoisotopic (exact) mass is 299 g/mol. The summed E-state index contributed by atoms with van der Waals surface area (Å²) in [4.78, 5) is 4.60. The SMILES string of the molecule is Fc1cccc(F)c1C1C(Cl)=CON1CC(F)(F)F. The van der Waals surface area contributed by atoms with Gasteiger partial charge in [-0.1, -0.05) is 17.7 Å². The fourth-order valence-electron chi connectivity index (χ4n) is 1.74. The quantitative estimate of drug-likeness (QED) is 0.768. The molecule has 0 aromatic heterocycles. The van der Waals surface area contributed by atoms with Crippen LogP contribution in [0.15, 0.2) is 29.5 Å². The Labute approximate surface area is 110 Å². The minimum absolute atomic E-state index is 0.228. The number of alkyl halides is 3. The van der Waals surface area contributed by atoms with E-state index < -0.39 is 36.0 Å². The van der Waals surface area contributed by atoms with Crippen LogP contribution in [0.25, 0.3) is 0 Å². The number of hydroxylamine groups is 2. The van der Waals surface area contributed by atoms with Crippen molar-refractivity contribution in [1.82, 2.24) is 5.06 Å². The van der Waals surface area contributed by atoms with Crippen LogP contribution >= 0.6 is 11.6 Å². The summed E-state index contributed by atoms with van der Waals surface area (Å²) in [6.45, 7) is -1.50. The van der Waals surface area contributed by atoms with Gasteiger partial charge in [-0.3, -0.25) is 0 Å². The van der Waals surface area contributed by atoms with Crippen molar-refractivity contribution < 1.29 is 26.8 Å². The summed E-state index contributed by atoms with van der Waals surface area (Å²) in [5.41, 5.74) is -0.578. The molecule has 104 valence electrons. The van der Waals surface area contributed by atoms with E-state index in [4.69, 9.17) is 11.6 Å². The van der Waals surface area contributed by atoms with Crippen LogP contribution in [0.1, 0.15) is 11.6 Å². The summed E-state index contributed by atoms with van der Waals surface area (Å²) in [5.74, 6) is -1.98. The van der Waals surface area contributed by atoms with E-state index in [0.717, 1.165) is 24.5 Å². The molecule has 1 aliphatic heterocycles. The van der Waals surface area contributed by atoms with Crippen LogP contribution in [-0.4, -0.2) is 17.8 Å². The lowest BCUT2D eigenvalue weighted by atomic mass is 10.1. The van der Waals surface area contributed by atoms with Gasteiger partial charge in [0.05, 0.1) is 5.03 Å². The normalized spacial score (nSPS) is 20.3. The van der Waals surface area contributed by atoms with E-state index in [2.05, 4.69) is 4.84 Å². The van der Waals surface area contributed by atoms with Gasteiger partial charge in [0, 0.05) is 5.56 Å². The lowest BCUT2D eigenvalue weighted by Crippen LogP contribution is -2.34. The second kappa shape index (κ2) is 4.97. The van der Waals surface area contributed by atoms with Gasteiger partial charge in [0.1, 0.15) is 30.5 Å². The minimum Gasteiger partial charge on any atom is -0.411 e. The highest BCUT2D eigenvalue weighted by molar-refractivity contribution is 6.30. The van der Waals surface area contributed by atoms with Crippen LogP contribution in [0.3, 0.4) is 0 Å². The molecule has 0 radical (unpaired) electrons. The maximum absolute atomic E-state index is 13.6. The molecule has 0 fully saturated rings. The lowest BCUT2D eigenvalue weighted by Gasteiger charge is -2.24. The zero-order valence-electron chi connectivity index (χ0n) is 9.22. The van der Waals surface area contributed by atoms with E-state index in [9.17, 15) is 22.0 Å². The van der Waals surface area contributed by atoms with Crippen LogP contribution in [0, 0.1) is 11.6 Å². The van der Waals surface area contributed by atoms with E-state index in [0.29, 0.717) is 5.06 Å². The van der Waals surface area contributed by atoms with Gasteiger partial charge in [-0.15, -0.1) is 5.06 Å². The van der Waals surface area contributed by atoms with Crippen LogP contribution in [0.5, 0.6) is 0 Å². The third-order valence-electron chi connectivity index (χ3n) is 2.46. The molecule has 2 nitrogen and oxygen atoms in total. The molecule has 0 bridgehead atoms. The second-order valence-corrected chi connectivity index (χ2v) is 4.27. The van der Waals surface area contributed by atoms with Crippen LogP contribution in [0.2, 0.25) is 0 Å². The van der Waals surface area contributed by atoms with Crippen molar-refractivity contribution in [2.45, 2.75) is 12.2 Å². The molecule has 1 heterocycles. The Morgan fingerprint density at radius 2 is 1.79 bits per heavy atom. The summed E-state index contributed by atoms with van der Waals surface area (Å²) in [6, 6.07) is 1.53. The average Bonchev–Trinajstić information content (AvgIpc) is 2.59. The van der Waals surface area contributed by atoms with E-state index >= 15 is 0 Å². The number of rotatable bonds is 2. The fraction of sp³-hybridized carbons (Fsp3) is 0.273. The molecule has 1 aliphatic rings. The van der Waals surface area contributed by atoms with E-state index in [1.165, 1.54) is 0 Å². The molecule has 1 unspecified atom stereocenters. The first-order chi connectivity index (χ1) is 8.79. The van der Waals surface area contributed by atoms with E-state index in [1.807, 2.05) is 0 Å². The van der Waals surface area contributed by atoms with Crippen molar-refractivity contribution in [3.8, 4) is 0 Å². The van der Waals surface area contributed by atoms with Gasteiger partial charge in [-0.05, 0) is 12.1 Å². The molecule has 0 N–H and O–H groups in total. The van der Waals surface area contributed by atoms with Gasteiger partial charge in [0.2, 0.25) is 0 Å². The third kappa shape index (κ3) is 2.98. The van der Waals surface area contributed by atoms with Gasteiger partial charge in [-0.2, -0.15) is 13.2 Å². The van der Waals surface area contributed by atoms with Gasteiger partial charge >= 0.3 is 6.18 Å². The van der Waals surface area contributed by atoms with Gasteiger partial charge in [0.25, 0.3) is 0 Å². The highest BCUT2D eigenvalue weighted by atomic mass is 35.5. The Balaban J connectivity index is 2.37. The molecule has 8 heteroatoms. The molecule has 0 aliphatic carbocycles. The van der Waals surface area contributed by atoms with Crippen LogP contribution in [0.4, 0.5) is 22.0 Å².